The van der Waals surface area contributed by atoms with Crippen molar-refractivity contribution in [2.75, 3.05) is 18.8 Å². The maximum Gasteiger partial charge on any atom is 0.491 e. The molecule has 0 unspecified atom stereocenters. The molecule has 13 heteroatoms. The topological polar surface area (TPSA) is 134 Å². The first kappa shape index (κ1) is 21.8. The lowest BCUT2D eigenvalue weighted by molar-refractivity contribution is -0.201. The number of thioether (sulfide) groups is 1. The molecule has 3 heterocycles. The van der Waals surface area contributed by atoms with Crippen molar-refractivity contribution in [2.24, 2.45) is 5.73 Å². The van der Waals surface area contributed by atoms with Gasteiger partial charge in [-0.3, -0.25) is 14.5 Å². The van der Waals surface area contributed by atoms with Crippen LogP contribution < -0.4 is 5.73 Å². The lowest BCUT2D eigenvalue weighted by atomic mass is 10.0. The third-order valence-corrected chi connectivity index (χ3v) is 6.03. The van der Waals surface area contributed by atoms with E-state index in [2.05, 4.69) is 4.74 Å². The van der Waals surface area contributed by atoms with E-state index in [1.54, 1.807) is 0 Å². The van der Waals surface area contributed by atoms with Gasteiger partial charge < -0.3 is 15.4 Å². The minimum atomic E-state index is -5.39. The average molecular weight is 444 g/mol. The number of carbonyl (C=O) groups excluding carboxylic acids is 4. The first-order chi connectivity index (χ1) is 14.1. The van der Waals surface area contributed by atoms with E-state index < -0.39 is 41.1 Å². The molecule has 2 amide bonds. The molecule has 2 fully saturated rings. The maximum atomic E-state index is 12.5. The van der Waals surface area contributed by atoms with Gasteiger partial charge in [0.2, 0.25) is 11.8 Å². The number of β-lactam (4-membered cyclic amide) rings is 1. The van der Waals surface area contributed by atoms with Crippen LogP contribution in [0.15, 0.2) is 22.9 Å². The van der Waals surface area contributed by atoms with Gasteiger partial charge in [-0.2, -0.15) is 18.4 Å². The number of nitriles is 1. The molecule has 160 valence electrons. The van der Waals surface area contributed by atoms with E-state index in [9.17, 15) is 32.3 Å². The van der Waals surface area contributed by atoms with Crippen molar-refractivity contribution in [1.29, 1.82) is 5.26 Å². The van der Waals surface area contributed by atoms with Gasteiger partial charge in [0.1, 0.15) is 17.1 Å². The molecule has 0 saturated carbocycles. The molecule has 0 bridgehead atoms. The third-order valence-electron chi connectivity index (χ3n) is 4.70. The Labute approximate surface area is 172 Å². The first-order valence-corrected chi connectivity index (χ1v) is 9.74. The molecule has 0 aliphatic carbocycles. The molecule has 3 aliphatic rings. The van der Waals surface area contributed by atoms with Gasteiger partial charge >= 0.3 is 18.1 Å². The maximum absolute atomic E-state index is 12.5. The van der Waals surface area contributed by atoms with Crippen molar-refractivity contribution in [3.05, 3.63) is 22.9 Å². The molecule has 3 rings (SSSR count). The molecule has 2 atom stereocenters. The zero-order valence-corrected chi connectivity index (χ0v) is 16.1. The minimum absolute atomic E-state index is 0.0712. The molecule has 2 N–H and O–H groups in total. The smallest absolute Gasteiger partial charge is 0.382 e. The van der Waals surface area contributed by atoms with Crippen molar-refractivity contribution in [1.82, 2.24) is 9.80 Å². The number of hydrogen-bond donors (Lipinski definition) is 1. The molecule has 0 radical (unpaired) electrons. The fourth-order valence-corrected chi connectivity index (χ4v) is 4.49. The van der Waals surface area contributed by atoms with Crippen molar-refractivity contribution in [2.45, 2.75) is 30.4 Å². The Hall–Kier alpha value is -2.85. The quantitative estimate of drug-likeness (QED) is 0.281. The van der Waals surface area contributed by atoms with Crippen LogP contribution in [0.3, 0.4) is 0 Å². The van der Waals surface area contributed by atoms with Crippen LogP contribution in [0.25, 0.3) is 0 Å². The largest absolute Gasteiger partial charge is 0.491 e. The second-order valence-electron chi connectivity index (χ2n) is 6.60. The number of allylic oxidation sites excluding steroid dienone is 1. The van der Waals surface area contributed by atoms with E-state index in [1.165, 1.54) is 22.7 Å². The summed E-state index contributed by atoms with van der Waals surface area (Å²) in [5.74, 6) is -5.36. The summed E-state index contributed by atoms with van der Waals surface area (Å²) < 4.78 is 41.4. The van der Waals surface area contributed by atoms with E-state index in [0.29, 0.717) is 13.0 Å². The molecule has 0 spiro atoms. The number of fused-ring (bicyclic) bond motifs is 1. The van der Waals surface area contributed by atoms with Crippen molar-refractivity contribution in [3.63, 3.8) is 0 Å². The van der Waals surface area contributed by atoms with E-state index >= 15 is 0 Å². The number of amides is 2. The minimum Gasteiger partial charge on any atom is -0.382 e. The van der Waals surface area contributed by atoms with Crippen LogP contribution in [0.5, 0.6) is 0 Å². The lowest BCUT2D eigenvalue weighted by Crippen LogP contribution is -2.68. The van der Waals surface area contributed by atoms with Crippen LogP contribution in [0.4, 0.5) is 13.2 Å². The zero-order chi connectivity index (χ0) is 22.2. The highest BCUT2D eigenvalue weighted by Crippen LogP contribution is 2.41. The van der Waals surface area contributed by atoms with Gasteiger partial charge in [0.05, 0.1) is 12.5 Å². The number of alkyl halides is 3. The van der Waals surface area contributed by atoms with Crippen molar-refractivity contribution < 1.29 is 37.1 Å². The summed E-state index contributed by atoms with van der Waals surface area (Å²) in [5.41, 5.74) is 5.50. The van der Waals surface area contributed by atoms with Gasteiger partial charge in [-0.1, -0.05) is 0 Å². The predicted octanol–water partition coefficient (Wildman–Crippen LogP) is 0.187. The van der Waals surface area contributed by atoms with E-state index in [4.69, 9.17) is 11.0 Å². The highest BCUT2D eigenvalue weighted by molar-refractivity contribution is 8.00. The van der Waals surface area contributed by atoms with Gasteiger partial charge in [0.15, 0.2) is 0 Å². The van der Waals surface area contributed by atoms with Gasteiger partial charge in [0, 0.05) is 24.4 Å². The summed E-state index contributed by atoms with van der Waals surface area (Å²) in [6.45, 7) is 0.562. The summed E-state index contributed by atoms with van der Waals surface area (Å²) >= 11 is 1.17. The van der Waals surface area contributed by atoms with E-state index in [1.807, 2.05) is 6.07 Å². The van der Waals surface area contributed by atoms with Gasteiger partial charge in [-0.25, -0.2) is 9.59 Å². The molecule has 0 aromatic carbocycles. The number of nitrogens with zero attached hydrogens (tertiary/aromatic N) is 3. The highest BCUT2D eigenvalue weighted by Gasteiger charge is 2.53. The number of rotatable bonds is 4. The molecular formula is C17H15F3N4O5S. The average Bonchev–Trinajstić information content (AvgIpc) is 3.03. The van der Waals surface area contributed by atoms with E-state index in [-0.39, 0.29) is 35.8 Å². The number of esters is 2. The van der Waals surface area contributed by atoms with Gasteiger partial charge in [-0.15, -0.1) is 11.8 Å². The number of likely N-dealkylation sites (tertiary alicyclic amines) is 1. The summed E-state index contributed by atoms with van der Waals surface area (Å²) in [4.78, 5) is 50.3. The third kappa shape index (κ3) is 3.92. The summed E-state index contributed by atoms with van der Waals surface area (Å²) in [6.07, 6.45) is -3.64. The second kappa shape index (κ2) is 8.11. The van der Waals surface area contributed by atoms with Crippen LogP contribution in [0, 0.1) is 11.3 Å². The fraction of sp³-hybridized carbons (Fsp3) is 0.471. The standard InChI is InChI=1S/C17H15F3N4O5S/c18-17(19,20)16(28)29-15(27)11-9(7-30-14-10(22)13(26)24(11)14)6-8-2-5-23(12(8)25)4-1-3-21/h6,10,14H,1-2,4-5,7,22H2/b8-6+/t10-,14-/m1/s1. The first-order valence-electron chi connectivity index (χ1n) is 8.69. The number of halogens is 3. The molecule has 9 nitrogen and oxygen atoms in total. The van der Waals surface area contributed by atoms with Crippen LogP contribution >= 0.6 is 11.8 Å². The molecular weight excluding hydrogens is 429 g/mol. The Morgan fingerprint density at radius 1 is 1.37 bits per heavy atom. The predicted molar refractivity (Wildman–Crippen MR) is 94.8 cm³/mol. The molecule has 30 heavy (non-hydrogen) atoms. The SMILES string of the molecule is N#CCCN1CC/C(=C\C2=C(C(=O)OC(=O)C(F)(F)F)N3C(=O)[C@@H](N)[C@H]3SC2)C1=O. The van der Waals surface area contributed by atoms with Crippen LogP contribution in [0.1, 0.15) is 12.8 Å². The van der Waals surface area contributed by atoms with Crippen LogP contribution in [-0.4, -0.2) is 70.0 Å². The monoisotopic (exact) mass is 444 g/mol. The van der Waals surface area contributed by atoms with E-state index in [0.717, 1.165) is 4.90 Å². The summed E-state index contributed by atoms with van der Waals surface area (Å²) in [7, 11) is 0. The Bertz CT molecular complexity index is 923. The normalized spacial score (nSPS) is 25.2. The molecule has 0 aromatic rings. The Kier molecular flexibility index (Phi) is 5.91. The number of nitrogens with two attached hydrogens (primary N) is 1. The Morgan fingerprint density at radius 3 is 2.70 bits per heavy atom. The Balaban J connectivity index is 1.93. The number of carbonyl (C=O) groups is 4. The highest BCUT2D eigenvalue weighted by atomic mass is 32.2. The number of hydrogen-bond acceptors (Lipinski definition) is 8. The Morgan fingerprint density at radius 2 is 2.07 bits per heavy atom. The molecule has 3 aliphatic heterocycles. The fourth-order valence-electron chi connectivity index (χ4n) is 3.24. The van der Waals surface area contributed by atoms with Crippen molar-refractivity contribution >= 4 is 35.5 Å². The summed E-state index contributed by atoms with van der Waals surface area (Å²) in [6, 6.07) is 0.979. The zero-order valence-electron chi connectivity index (χ0n) is 15.3. The molecule has 2 saturated heterocycles. The molecule has 0 aromatic heterocycles. The van der Waals surface area contributed by atoms with Crippen LogP contribution in [0.2, 0.25) is 0 Å². The second-order valence-corrected chi connectivity index (χ2v) is 7.71. The lowest BCUT2D eigenvalue weighted by Gasteiger charge is -2.48. The van der Waals surface area contributed by atoms with Crippen molar-refractivity contribution in [3.8, 4) is 6.07 Å². The van der Waals surface area contributed by atoms with Gasteiger partial charge in [-0.05, 0) is 18.1 Å². The number of ether oxygens (including phenoxy) is 1. The van der Waals surface area contributed by atoms with Gasteiger partial charge in [0.25, 0.3) is 0 Å². The van der Waals surface area contributed by atoms with Crippen LogP contribution in [-0.2, 0) is 23.9 Å². The summed E-state index contributed by atoms with van der Waals surface area (Å²) in [5, 5.41) is 7.97.